The van der Waals surface area contributed by atoms with E-state index in [4.69, 9.17) is 5.73 Å². The van der Waals surface area contributed by atoms with E-state index in [1.165, 1.54) is 12.1 Å². The van der Waals surface area contributed by atoms with E-state index in [0.29, 0.717) is 6.54 Å². The third-order valence-electron chi connectivity index (χ3n) is 3.12. The van der Waals surface area contributed by atoms with E-state index < -0.39 is 6.10 Å². The van der Waals surface area contributed by atoms with Gasteiger partial charge in [-0.3, -0.25) is 4.90 Å². The molecule has 0 saturated carbocycles. The molecular formula is C14H23FN2O. The van der Waals surface area contributed by atoms with Crippen LogP contribution in [0.25, 0.3) is 0 Å². The van der Waals surface area contributed by atoms with Gasteiger partial charge in [-0.2, -0.15) is 0 Å². The van der Waals surface area contributed by atoms with E-state index in [9.17, 15) is 9.50 Å². The molecule has 0 aliphatic rings. The van der Waals surface area contributed by atoms with Gasteiger partial charge in [-0.15, -0.1) is 0 Å². The zero-order valence-electron chi connectivity index (χ0n) is 11.3. The van der Waals surface area contributed by atoms with Crippen molar-refractivity contribution in [2.45, 2.75) is 38.5 Å². The number of hydrogen-bond acceptors (Lipinski definition) is 3. The summed E-state index contributed by atoms with van der Waals surface area (Å²) in [7, 11) is 1.93. The zero-order chi connectivity index (χ0) is 13.7. The number of halogens is 1. The Bertz CT molecular complexity index is 353. The smallest absolute Gasteiger partial charge is 0.123 e. The van der Waals surface area contributed by atoms with Gasteiger partial charge in [0.15, 0.2) is 0 Å². The normalized spacial score (nSPS) is 16.6. The van der Waals surface area contributed by atoms with Gasteiger partial charge < -0.3 is 10.8 Å². The van der Waals surface area contributed by atoms with Crippen molar-refractivity contribution in [3.8, 4) is 0 Å². The topological polar surface area (TPSA) is 49.5 Å². The molecule has 4 heteroatoms. The van der Waals surface area contributed by atoms with Gasteiger partial charge in [0, 0.05) is 18.6 Å². The zero-order valence-corrected chi connectivity index (χ0v) is 11.3. The van der Waals surface area contributed by atoms with Crippen molar-refractivity contribution in [2.24, 2.45) is 5.73 Å². The van der Waals surface area contributed by atoms with Crippen molar-refractivity contribution in [2.75, 3.05) is 13.6 Å². The van der Waals surface area contributed by atoms with Crippen LogP contribution >= 0.6 is 0 Å². The van der Waals surface area contributed by atoms with Gasteiger partial charge in [0.25, 0.3) is 0 Å². The molecule has 1 rings (SSSR count). The summed E-state index contributed by atoms with van der Waals surface area (Å²) in [6.07, 6.45) is 0.411. The first-order valence-corrected chi connectivity index (χ1v) is 6.35. The predicted molar refractivity (Wildman–Crippen MR) is 71.7 cm³/mol. The van der Waals surface area contributed by atoms with Crippen molar-refractivity contribution in [1.82, 2.24) is 4.90 Å². The second-order valence-corrected chi connectivity index (χ2v) is 4.86. The molecule has 0 amide bonds. The van der Waals surface area contributed by atoms with Gasteiger partial charge in [0.1, 0.15) is 5.82 Å². The molecule has 102 valence electrons. The highest BCUT2D eigenvalue weighted by Gasteiger charge is 2.23. The van der Waals surface area contributed by atoms with Crippen molar-refractivity contribution in [3.05, 3.63) is 35.6 Å². The molecule has 0 aliphatic heterocycles. The highest BCUT2D eigenvalue weighted by atomic mass is 19.1. The average molecular weight is 254 g/mol. The van der Waals surface area contributed by atoms with Crippen LogP contribution in [-0.4, -0.2) is 35.7 Å². The minimum atomic E-state index is -0.415. The van der Waals surface area contributed by atoms with Crippen LogP contribution in [0.4, 0.5) is 4.39 Å². The van der Waals surface area contributed by atoms with E-state index >= 15 is 0 Å². The second kappa shape index (κ2) is 6.83. The minimum absolute atomic E-state index is 0.00907. The van der Waals surface area contributed by atoms with E-state index in [0.717, 1.165) is 12.0 Å². The predicted octanol–water partition coefficient (Wildman–Crippen LogP) is 1.92. The fourth-order valence-corrected chi connectivity index (χ4v) is 2.24. The number of rotatable bonds is 6. The molecule has 0 heterocycles. The molecule has 0 aromatic heterocycles. The number of nitrogens with zero attached hydrogens (tertiary/aromatic N) is 1. The van der Waals surface area contributed by atoms with Crippen molar-refractivity contribution in [3.63, 3.8) is 0 Å². The third-order valence-corrected chi connectivity index (χ3v) is 3.12. The van der Waals surface area contributed by atoms with Gasteiger partial charge >= 0.3 is 0 Å². The quantitative estimate of drug-likeness (QED) is 0.815. The van der Waals surface area contributed by atoms with Gasteiger partial charge in [-0.1, -0.05) is 19.1 Å². The fraction of sp³-hybridized carbons (Fsp3) is 0.571. The molecule has 3 nitrogen and oxygen atoms in total. The first kappa shape index (κ1) is 15.1. The van der Waals surface area contributed by atoms with Crippen LogP contribution in [0.15, 0.2) is 24.3 Å². The van der Waals surface area contributed by atoms with Crippen molar-refractivity contribution in [1.29, 1.82) is 0 Å². The van der Waals surface area contributed by atoms with Gasteiger partial charge in [0.2, 0.25) is 0 Å². The Labute approximate surface area is 108 Å². The number of aliphatic hydroxyl groups is 1. The monoisotopic (exact) mass is 254 g/mol. The van der Waals surface area contributed by atoms with Gasteiger partial charge in [0.05, 0.1) is 6.10 Å². The third kappa shape index (κ3) is 4.05. The maximum atomic E-state index is 13.0. The van der Waals surface area contributed by atoms with Crippen LogP contribution in [0.2, 0.25) is 0 Å². The van der Waals surface area contributed by atoms with Crippen LogP contribution in [-0.2, 0) is 0 Å². The molecule has 0 fully saturated rings. The summed E-state index contributed by atoms with van der Waals surface area (Å²) in [5.74, 6) is -0.249. The largest absolute Gasteiger partial charge is 0.392 e. The first-order chi connectivity index (χ1) is 8.45. The number of likely N-dealkylation sites (N-methyl/N-ethyl adjacent to an activating group) is 1. The molecule has 0 aliphatic carbocycles. The summed E-state index contributed by atoms with van der Waals surface area (Å²) in [4.78, 5) is 2.02. The van der Waals surface area contributed by atoms with Crippen molar-refractivity contribution >= 4 is 0 Å². The molecule has 1 aromatic carbocycles. The summed E-state index contributed by atoms with van der Waals surface area (Å²) >= 11 is 0. The Morgan fingerprint density at radius 1 is 1.33 bits per heavy atom. The summed E-state index contributed by atoms with van der Waals surface area (Å²) in [5, 5.41) is 9.47. The molecule has 1 aromatic rings. The SMILES string of the molecule is CCC(N)C(c1ccc(F)cc1)N(C)CC(C)O. The number of aliphatic hydroxyl groups excluding tert-OH is 1. The molecule has 18 heavy (non-hydrogen) atoms. The number of nitrogens with two attached hydrogens (primary N) is 1. The standard InChI is InChI=1S/C14H23FN2O/c1-4-13(16)14(17(3)9-10(2)18)11-5-7-12(15)8-6-11/h5-8,10,13-14,18H,4,9,16H2,1-3H3. The van der Waals surface area contributed by atoms with E-state index in [1.807, 2.05) is 18.9 Å². The molecule has 3 N–H and O–H groups in total. The summed E-state index contributed by atoms with van der Waals surface area (Å²) < 4.78 is 13.0. The van der Waals surface area contributed by atoms with Crippen LogP contribution < -0.4 is 5.73 Å². The van der Waals surface area contributed by atoms with Crippen LogP contribution in [0.1, 0.15) is 31.9 Å². The second-order valence-electron chi connectivity index (χ2n) is 4.86. The van der Waals surface area contributed by atoms with Crippen LogP contribution in [0.5, 0.6) is 0 Å². The molecular weight excluding hydrogens is 231 g/mol. The maximum Gasteiger partial charge on any atom is 0.123 e. The lowest BCUT2D eigenvalue weighted by Gasteiger charge is -2.33. The highest BCUT2D eigenvalue weighted by molar-refractivity contribution is 5.21. The van der Waals surface area contributed by atoms with Crippen LogP contribution in [0.3, 0.4) is 0 Å². The molecule has 0 bridgehead atoms. The summed E-state index contributed by atoms with van der Waals surface area (Å²) in [5.41, 5.74) is 7.13. The minimum Gasteiger partial charge on any atom is -0.392 e. The highest BCUT2D eigenvalue weighted by Crippen LogP contribution is 2.24. The lowest BCUT2D eigenvalue weighted by molar-refractivity contribution is 0.107. The Morgan fingerprint density at radius 2 is 1.89 bits per heavy atom. The van der Waals surface area contributed by atoms with Gasteiger partial charge in [-0.25, -0.2) is 4.39 Å². The molecule has 0 saturated heterocycles. The van der Waals surface area contributed by atoms with Crippen molar-refractivity contribution < 1.29 is 9.50 Å². The number of hydrogen-bond donors (Lipinski definition) is 2. The lowest BCUT2D eigenvalue weighted by atomic mass is 9.96. The fourth-order valence-electron chi connectivity index (χ4n) is 2.24. The van der Waals surface area contributed by atoms with E-state index in [2.05, 4.69) is 0 Å². The molecule has 3 unspecified atom stereocenters. The molecule has 3 atom stereocenters. The lowest BCUT2D eigenvalue weighted by Crippen LogP contribution is -2.41. The Hall–Kier alpha value is -0.970. The summed E-state index contributed by atoms with van der Waals surface area (Å²) in [6, 6.07) is 6.36. The maximum absolute atomic E-state index is 13.0. The van der Waals surface area contributed by atoms with E-state index in [1.54, 1.807) is 19.1 Å². The summed E-state index contributed by atoms with van der Waals surface area (Å²) in [6.45, 7) is 4.31. The Kier molecular flexibility index (Phi) is 5.72. The Morgan fingerprint density at radius 3 is 2.33 bits per heavy atom. The van der Waals surface area contributed by atoms with Gasteiger partial charge in [-0.05, 0) is 38.1 Å². The molecule has 0 spiro atoms. The van der Waals surface area contributed by atoms with Crippen LogP contribution in [0, 0.1) is 5.82 Å². The average Bonchev–Trinajstić information content (AvgIpc) is 2.30. The van der Waals surface area contributed by atoms with E-state index in [-0.39, 0.29) is 17.9 Å². The first-order valence-electron chi connectivity index (χ1n) is 6.35. The Balaban J connectivity index is 2.94. The number of benzene rings is 1. The molecule has 0 radical (unpaired) electrons.